The fourth-order valence-electron chi connectivity index (χ4n) is 3.08. The summed E-state index contributed by atoms with van der Waals surface area (Å²) in [4.78, 5) is 17.5. The maximum atomic E-state index is 12.9. The first kappa shape index (κ1) is 21.4. The molecule has 0 aliphatic carbocycles. The van der Waals surface area contributed by atoms with E-state index in [1.807, 2.05) is 44.2 Å². The molecule has 0 saturated carbocycles. The Morgan fingerprint density at radius 2 is 1.61 bits per heavy atom. The van der Waals surface area contributed by atoms with E-state index in [-0.39, 0.29) is 5.82 Å². The number of aromatic nitrogens is 3. The summed E-state index contributed by atoms with van der Waals surface area (Å²) in [5.41, 5.74) is 4.10. The van der Waals surface area contributed by atoms with E-state index < -0.39 is 5.91 Å². The highest BCUT2D eigenvalue weighted by Gasteiger charge is 2.20. The molecule has 0 bridgehead atoms. The zero-order chi connectivity index (χ0) is 22.1. The van der Waals surface area contributed by atoms with Crippen LogP contribution in [0.4, 0.5) is 5.69 Å². The van der Waals surface area contributed by atoms with Crippen molar-refractivity contribution in [3.05, 3.63) is 92.7 Å². The maximum Gasteiger partial charge on any atom is 0.295 e. The molecule has 0 spiro atoms. The molecule has 4 rings (SSSR count). The second kappa shape index (κ2) is 8.71. The molecule has 1 amide bonds. The number of halogens is 3. The molecule has 0 saturated heterocycles. The lowest BCUT2D eigenvalue weighted by molar-refractivity contribution is 0.101. The number of rotatable bonds is 4. The van der Waals surface area contributed by atoms with Gasteiger partial charge in [-0.2, -0.15) is 0 Å². The van der Waals surface area contributed by atoms with Crippen LogP contribution < -0.4 is 5.32 Å². The number of anilines is 1. The van der Waals surface area contributed by atoms with Crippen molar-refractivity contribution in [3.63, 3.8) is 0 Å². The summed E-state index contributed by atoms with van der Waals surface area (Å²) in [5.74, 6) is 0.0538. The molecule has 3 aromatic carbocycles. The Kier molecular flexibility index (Phi) is 6.01. The van der Waals surface area contributed by atoms with Crippen LogP contribution in [0, 0.1) is 13.8 Å². The zero-order valence-electron chi connectivity index (χ0n) is 16.7. The summed E-state index contributed by atoms with van der Waals surface area (Å²) in [5, 5.41) is 8.67. The molecule has 8 heteroatoms. The molecule has 31 heavy (non-hydrogen) atoms. The lowest BCUT2D eigenvalue weighted by Gasteiger charge is -2.10. The fraction of sp³-hybridized carbons (Fsp3) is 0.0870. The van der Waals surface area contributed by atoms with Gasteiger partial charge in [-0.15, -0.1) is 5.10 Å². The first-order chi connectivity index (χ1) is 14.8. The second-order valence-electron chi connectivity index (χ2n) is 7.05. The highest BCUT2D eigenvalue weighted by molar-refractivity contribution is 6.36. The van der Waals surface area contributed by atoms with Crippen molar-refractivity contribution in [1.29, 1.82) is 0 Å². The molecule has 1 N–H and O–H groups in total. The Bertz CT molecular complexity index is 1280. The Labute approximate surface area is 194 Å². The summed E-state index contributed by atoms with van der Waals surface area (Å²) < 4.78 is 1.67. The number of nitrogens with one attached hydrogen (secondary N) is 1. The highest BCUT2D eigenvalue weighted by Crippen LogP contribution is 2.28. The van der Waals surface area contributed by atoms with Gasteiger partial charge in [0.15, 0.2) is 5.82 Å². The van der Waals surface area contributed by atoms with Crippen molar-refractivity contribution in [2.75, 3.05) is 5.32 Å². The molecule has 5 nitrogen and oxygen atoms in total. The molecule has 4 aromatic rings. The van der Waals surface area contributed by atoms with Crippen LogP contribution in [0.5, 0.6) is 0 Å². The van der Waals surface area contributed by atoms with Gasteiger partial charge in [0.2, 0.25) is 5.82 Å². The van der Waals surface area contributed by atoms with Gasteiger partial charge >= 0.3 is 0 Å². The van der Waals surface area contributed by atoms with Gasteiger partial charge in [0.05, 0.1) is 16.4 Å². The van der Waals surface area contributed by atoms with E-state index in [2.05, 4.69) is 15.4 Å². The largest absolute Gasteiger partial charge is 0.318 e. The van der Waals surface area contributed by atoms with Gasteiger partial charge in [0, 0.05) is 15.6 Å². The average molecular weight is 472 g/mol. The van der Waals surface area contributed by atoms with E-state index in [4.69, 9.17) is 34.8 Å². The summed E-state index contributed by atoms with van der Waals surface area (Å²) in [6.45, 7) is 3.98. The summed E-state index contributed by atoms with van der Waals surface area (Å²) >= 11 is 18.2. The molecule has 0 fully saturated rings. The third kappa shape index (κ3) is 4.59. The van der Waals surface area contributed by atoms with Crippen molar-refractivity contribution in [1.82, 2.24) is 14.8 Å². The Balaban J connectivity index is 1.80. The van der Waals surface area contributed by atoms with Crippen molar-refractivity contribution in [3.8, 4) is 17.1 Å². The number of hydrogen-bond acceptors (Lipinski definition) is 3. The minimum atomic E-state index is -0.483. The average Bonchev–Trinajstić information content (AvgIpc) is 3.18. The van der Waals surface area contributed by atoms with E-state index in [0.29, 0.717) is 26.6 Å². The quantitative estimate of drug-likeness (QED) is 0.357. The summed E-state index contributed by atoms with van der Waals surface area (Å²) in [6.07, 6.45) is 0. The first-order valence-electron chi connectivity index (χ1n) is 9.39. The summed E-state index contributed by atoms with van der Waals surface area (Å²) in [6, 6.07) is 18.1. The third-order valence-electron chi connectivity index (χ3n) is 4.68. The van der Waals surface area contributed by atoms with Gasteiger partial charge in [0.25, 0.3) is 5.91 Å². The smallest absolute Gasteiger partial charge is 0.295 e. The standard InChI is InChI=1S/C23H17Cl3N4O/c1-13-3-4-14(2)20(11-13)30-22(15-5-7-16(24)8-6-15)28-21(29-30)23(31)27-19-10-9-17(25)12-18(19)26/h3-12H,1-2H3,(H,27,31). The lowest BCUT2D eigenvalue weighted by atomic mass is 10.1. The van der Waals surface area contributed by atoms with Gasteiger partial charge in [-0.25, -0.2) is 9.67 Å². The maximum absolute atomic E-state index is 12.9. The molecule has 156 valence electrons. The second-order valence-corrected chi connectivity index (χ2v) is 8.33. The van der Waals surface area contributed by atoms with E-state index in [1.54, 1.807) is 35.0 Å². The zero-order valence-corrected chi connectivity index (χ0v) is 18.9. The van der Waals surface area contributed by atoms with Crippen LogP contribution in [-0.4, -0.2) is 20.7 Å². The number of hydrogen-bond donors (Lipinski definition) is 1. The highest BCUT2D eigenvalue weighted by atomic mass is 35.5. The predicted octanol–water partition coefficient (Wildman–Crippen LogP) is 6.76. The molecule has 0 aliphatic rings. The molecule has 0 radical (unpaired) electrons. The first-order valence-corrected chi connectivity index (χ1v) is 10.5. The Hall–Kier alpha value is -2.86. The van der Waals surface area contributed by atoms with E-state index in [0.717, 1.165) is 22.4 Å². The Morgan fingerprint density at radius 1 is 0.903 bits per heavy atom. The van der Waals surface area contributed by atoms with Crippen LogP contribution in [0.2, 0.25) is 15.1 Å². The molecular weight excluding hydrogens is 455 g/mol. The van der Waals surface area contributed by atoms with Crippen molar-refractivity contribution >= 4 is 46.4 Å². The molecule has 0 atom stereocenters. The van der Waals surface area contributed by atoms with Crippen molar-refractivity contribution in [2.24, 2.45) is 0 Å². The normalized spacial score (nSPS) is 10.9. The topological polar surface area (TPSA) is 59.8 Å². The number of carbonyl (C=O) groups excluding carboxylic acids is 1. The van der Waals surface area contributed by atoms with Crippen LogP contribution >= 0.6 is 34.8 Å². The van der Waals surface area contributed by atoms with Crippen LogP contribution in [0.15, 0.2) is 60.7 Å². The monoisotopic (exact) mass is 470 g/mol. The number of carbonyl (C=O) groups is 1. The van der Waals surface area contributed by atoms with Crippen molar-refractivity contribution in [2.45, 2.75) is 13.8 Å². The fourth-order valence-corrected chi connectivity index (χ4v) is 3.66. The van der Waals surface area contributed by atoms with Crippen LogP contribution in [0.1, 0.15) is 21.7 Å². The minimum absolute atomic E-state index is 0.0110. The molecular formula is C23H17Cl3N4O. The number of amides is 1. The predicted molar refractivity (Wildman–Crippen MR) is 126 cm³/mol. The van der Waals surface area contributed by atoms with Gasteiger partial charge in [0.1, 0.15) is 0 Å². The van der Waals surface area contributed by atoms with Crippen molar-refractivity contribution < 1.29 is 4.79 Å². The molecule has 0 unspecified atom stereocenters. The van der Waals surface area contributed by atoms with E-state index in [1.165, 1.54) is 0 Å². The van der Waals surface area contributed by atoms with E-state index in [9.17, 15) is 4.79 Å². The van der Waals surface area contributed by atoms with Crippen LogP contribution in [-0.2, 0) is 0 Å². The van der Waals surface area contributed by atoms with Gasteiger partial charge in [-0.1, -0.05) is 46.9 Å². The number of nitrogens with zero attached hydrogens (tertiary/aromatic N) is 3. The van der Waals surface area contributed by atoms with Gasteiger partial charge in [-0.3, -0.25) is 4.79 Å². The molecule has 1 heterocycles. The minimum Gasteiger partial charge on any atom is -0.318 e. The Morgan fingerprint density at radius 3 is 2.32 bits per heavy atom. The van der Waals surface area contributed by atoms with Crippen LogP contribution in [0.3, 0.4) is 0 Å². The lowest BCUT2D eigenvalue weighted by Crippen LogP contribution is -2.14. The summed E-state index contributed by atoms with van der Waals surface area (Å²) in [7, 11) is 0. The molecule has 0 aliphatic heterocycles. The van der Waals surface area contributed by atoms with Gasteiger partial charge in [-0.05, 0) is 73.5 Å². The van der Waals surface area contributed by atoms with Crippen LogP contribution in [0.25, 0.3) is 17.1 Å². The molecule has 1 aromatic heterocycles. The van der Waals surface area contributed by atoms with Gasteiger partial charge < -0.3 is 5.32 Å². The van der Waals surface area contributed by atoms with E-state index >= 15 is 0 Å². The third-order valence-corrected chi connectivity index (χ3v) is 5.48. The SMILES string of the molecule is Cc1ccc(C)c(-n2nc(C(=O)Nc3ccc(Cl)cc3Cl)nc2-c2ccc(Cl)cc2)c1. The number of benzene rings is 3. The number of aryl methyl sites for hydroxylation is 2.